The lowest BCUT2D eigenvalue weighted by atomic mass is 10.1. The summed E-state index contributed by atoms with van der Waals surface area (Å²) in [6.07, 6.45) is 6.88. The van der Waals surface area contributed by atoms with Gasteiger partial charge in [-0.15, -0.1) is 11.3 Å². The van der Waals surface area contributed by atoms with Gasteiger partial charge in [0.2, 0.25) is 5.13 Å². The van der Waals surface area contributed by atoms with E-state index in [2.05, 4.69) is 26.0 Å². The fraction of sp³-hybridized carbons (Fsp3) is 0.350. The molecule has 3 aromatic rings. The van der Waals surface area contributed by atoms with Gasteiger partial charge in [0.25, 0.3) is 5.91 Å². The number of nitrogens with zero attached hydrogens (tertiary/aromatic N) is 7. The lowest BCUT2D eigenvalue weighted by Crippen LogP contribution is -2.56. The van der Waals surface area contributed by atoms with Crippen LogP contribution in [-0.4, -0.2) is 62.8 Å². The van der Waals surface area contributed by atoms with Crippen molar-refractivity contribution in [3.63, 3.8) is 0 Å². The van der Waals surface area contributed by atoms with Crippen molar-refractivity contribution in [3.8, 4) is 17.0 Å². The quantitative estimate of drug-likeness (QED) is 0.636. The maximum atomic E-state index is 13.3. The minimum atomic E-state index is -0.0510. The minimum absolute atomic E-state index is 0.0510. The van der Waals surface area contributed by atoms with Crippen molar-refractivity contribution >= 4 is 23.1 Å². The summed E-state index contributed by atoms with van der Waals surface area (Å²) in [5, 5.41) is 16.2. The van der Waals surface area contributed by atoms with Gasteiger partial charge in [-0.2, -0.15) is 10.4 Å². The Balaban J connectivity index is 1.42. The normalized spacial score (nSPS) is 20.3. The lowest BCUT2D eigenvalue weighted by molar-refractivity contribution is 0.0708. The van der Waals surface area contributed by atoms with E-state index in [9.17, 15) is 10.1 Å². The number of methoxy groups -OCH3 is 1. The molecule has 0 N–H and O–H groups in total. The van der Waals surface area contributed by atoms with Crippen LogP contribution in [0.1, 0.15) is 28.9 Å². The number of carbonyl (C=O) groups is 1. The number of carbonyl (C=O) groups excluding carboxylic acids is 1. The molecule has 5 rings (SSSR count). The van der Waals surface area contributed by atoms with Crippen LogP contribution in [0.5, 0.6) is 5.75 Å². The zero-order chi connectivity index (χ0) is 20.7. The predicted molar refractivity (Wildman–Crippen MR) is 110 cm³/mol. The van der Waals surface area contributed by atoms with E-state index in [4.69, 9.17) is 4.74 Å². The molecule has 2 aliphatic rings. The van der Waals surface area contributed by atoms with Crippen LogP contribution in [0.4, 0.5) is 5.82 Å². The van der Waals surface area contributed by atoms with Gasteiger partial charge in [-0.3, -0.25) is 4.79 Å². The first kappa shape index (κ1) is 18.6. The summed E-state index contributed by atoms with van der Waals surface area (Å²) in [5.74, 6) is 1.13. The molecule has 0 spiro atoms. The largest absolute Gasteiger partial charge is 0.492 e. The fourth-order valence-corrected chi connectivity index (χ4v) is 5.04. The number of aromatic nitrogens is 4. The van der Waals surface area contributed by atoms with Crippen LogP contribution < -0.4 is 9.64 Å². The first-order valence-electron chi connectivity index (χ1n) is 9.66. The molecule has 2 unspecified atom stereocenters. The molecule has 2 aliphatic heterocycles. The maximum absolute atomic E-state index is 13.3. The van der Waals surface area contributed by atoms with Gasteiger partial charge in [0.1, 0.15) is 11.8 Å². The molecule has 1 amide bonds. The number of fused-ring (bicyclic) bond motifs is 2. The Morgan fingerprint density at radius 3 is 2.67 bits per heavy atom. The smallest absolute Gasteiger partial charge is 0.272 e. The average Bonchev–Trinajstić information content (AvgIpc) is 3.51. The van der Waals surface area contributed by atoms with E-state index in [1.807, 2.05) is 10.3 Å². The summed E-state index contributed by atoms with van der Waals surface area (Å²) in [4.78, 5) is 26.2. The van der Waals surface area contributed by atoms with Crippen molar-refractivity contribution in [1.29, 1.82) is 5.26 Å². The highest BCUT2D eigenvalue weighted by molar-refractivity contribution is 7.12. The third-order valence-corrected chi connectivity index (χ3v) is 6.43. The Bertz CT molecular complexity index is 1110. The van der Waals surface area contributed by atoms with Gasteiger partial charge in [-0.25, -0.2) is 14.6 Å². The van der Waals surface area contributed by atoms with Crippen LogP contribution in [0.3, 0.4) is 0 Å². The second-order valence-electron chi connectivity index (χ2n) is 7.27. The first-order valence-corrected chi connectivity index (χ1v) is 10.5. The van der Waals surface area contributed by atoms with Gasteiger partial charge in [0, 0.05) is 42.9 Å². The molecule has 0 saturated carbocycles. The van der Waals surface area contributed by atoms with Crippen molar-refractivity contribution in [1.82, 2.24) is 24.6 Å². The van der Waals surface area contributed by atoms with Gasteiger partial charge < -0.3 is 14.5 Å². The summed E-state index contributed by atoms with van der Waals surface area (Å²) >= 11 is 1.44. The minimum Gasteiger partial charge on any atom is -0.492 e. The number of anilines is 1. The van der Waals surface area contributed by atoms with Crippen molar-refractivity contribution in [2.45, 2.75) is 24.9 Å². The number of piperazine rings is 1. The molecular formula is C20H19N7O2S. The summed E-state index contributed by atoms with van der Waals surface area (Å²) in [6, 6.07) is 5.81. The Hall–Kier alpha value is -3.45. The van der Waals surface area contributed by atoms with Gasteiger partial charge in [-0.1, -0.05) is 0 Å². The first-order chi connectivity index (χ1) is 14.7. The zero-order valence-electron chi connectivity index (χ0n) is 16.3. The van der Waals surface area contributed by atoms with E-state index in [-0.39, 0.29) is 18.0 Å². The number of nitriles is 1. The monoisotopic (exact) mass is 421 g/mol. The zero-order valence-corrected chi connectivity index (χ0v) is 17.1. The van der Waals surface area contributed by atoms with Crippen molar-refractivity contribution in [2.24, 2.45) is 0 Å². The highest BCUT2D eigenvalue weighted by Crippen LogP contribution is 2.39. The Labute approximate surface area is 177 Å². The van der Waals surface area contributed by atoms with Gasteiger partial charge in [-0.05, 0) is 25.0 Å². The number of rotatable bonds is 4. The number of amides is 1. The summed E-state index contributed by atoms with van der Waals surface area (Å²) in [7, 11) is 1.56. The van der Waals surface area contributed by atoms with Crippen LogP contribution in [0.15, 0.2) is 36.1 Å². The molecule has 152 valence electrons. The molecule has 3 aromatic heterocycles. The van der Waals surface area contributed by atoms with Crippen molar-refractivity contribution < 1.29 is 9.53 Å². The summed E-state index contributed by atoms with van der Waals surface area (Å²) < 4.78 is 7.11. The molecule has 2 atom stereocenters. The van der Waals surface area contributed by atoms with E-state index < -0.39 is 0 Å². The van der Waals surface area contributed by atoms with Crippen LogP contribution in [0, 0.1) is 11.3 Å². The van der Waals surface area contributed by atoms with E-state index in [1.54, 1.807) is 42.5 Å². The van der Waals surface area contributed by atoms with E-state index in [0.717, 1.165) is 12.8 Å². The predicted octanol–water partition coefficient (Wildman–Crippen LogP) is 2.10. The summed E-state index contributed by atoms with van der Waals surface area (Å²) in [5.41, 5.74) is 0.979. The molecule has 0 radical (unpaired) electrons. The standard InChI is InChI=1S/C20H19N7O2S/c1-29-17-13(10-21)4-6-22-18(17)26-14-2-3-15(26)12-25(11-14)19(28)16-5-7-24-27(16)20-23-8-9-30-20/h4-9,14-15H,2-3,11-12H2,1H3. The van der Waals surface area contributed by atoms with Crippen molar-refractivity contribution in [3.05, 3.63) is 47.4 Å². The Morgan fingerprint density at radius 1 is 1.20 bits per heavy atom. The third kappa shape index (κ3) is 2.90. The highest BCUT2D eigenvalue weighted by Gasteiger charge is 2.44. The molecule has 5 heterocycles. The van der Waals surface area contributed by atoms with E-state index in [0.29, 0.717) is 41.0 Å². The van der Waals surface area contributed by atoms with Gasteiger partial charge in [0.05, 0.1) is 18.9 Å². The van der Waals surface area contributed by atoms with Crippen LogP contribution in [0.2, 0.25) is 0 Å². The average molecular weight is 421 g/mol. The molecule has 10 heteroatoms. The number of likely N-dealkylation sites (tertiary alicyclic amines) is 1. The molecular weight excluding hydrogens is 402 g/mol. The second kappa shape index (κ2) is 7.42. The molecule has 9 nitrogen and oxygen atoms in total. The van der Waals surface area contributed by atoms with Crippen LogP contribution in [0.25, 0.3) is 5.13 Å². The second-order valence-corrected chi connectivity index (χ2v) is 8.15. The van der Waals surface area contributed by atoms with Crippen LogP contribution in [-0.2, 0) is 0 Å². The van der Waals surface area contributed by atoms with Gasteiger partial charge in [0.15, 0.2) is 11.6 Å². The van der Waals surface area contributed by atoms with E-state index in [1.165, 1.54) is 11.3 Å². The molecule has 30 heavy (non-hydrogen) atoms. The number of pyridine rings is 1. The molecule has 2 bridgehead atoms. The van der Waals surface area contributed by atoms with Crippen LogP contribution >= 0.6 is 11.3 Å². The number of ether oxygens (including phenoxy) is 1. The fourth-order valence-electron chi connectivity index (χ4n) is 4.43. The third-order valence-electron chi connectivity index (χ3n) is 5.69. The molecule has 0 aliphatic carbocycles. The van der Waals surface area contributed by atoms with Gasteiger partial charge >= 0.3 is 0 Å². The molecule has 2 fully saturated rings. The van der Waals surface area contributed by atoms with Crippen molar-refractivity contribution in [2.75, 3.05) is 25.1 Å². The topological polar surface area (TPSA) is 100 Å². The SMILES string of the molecule is COc1c(C#N)ccnc1N1C2CCC1CN(C(=O)c1ccnn1-c1nccs1)C2. The molecule has 2 saturated heterocycles. The Morgan fingerprint density at radius 2 is 2.00 bits per heavy atom. The molecule has 0 aromatic carbocycles. The number of thiazole rings is 1. The van der Waals surface area contributed by atoms with E-state index >= 15 is 0 Å². The Kier molecular flexibility index (Phi) is 4.59. The number of hydrogen-bond acceptors (Lipinski definition) is 8. The summed E-state index contributed by atoms with van der Waals surface area (Å²) in [6.45, 7) is 1.17. The maximum Gasteiger partial charge on any atom is 0.272 e. The lowest BCUT2D eigenvalue weighted by Gasteiger charge is -2.42. The highest BCUT2D eigenvalue weighted by atomic mass is 32.1. The number of hydrogen-bond donors (Lipinski definition) is 0.